The molecule has 1 aliphatic heterocycles. The largest absolute Gasteiger partial charge is 0.504 e. The molecule has 3 nitrogen and oxygen atoms in total. The van der Waals surface area contributed by atoms with Crippen molar-refractivity contribution in [2.24, 2.45) is 0 Å². The highest BCUT2D eigenvalue weighted by molar-refractivity contribution is 6.31. The van der Waals surface area contributed by atoms with E-state index in [1.807, 2.05) is 0 Å². The van der Waals surface area contributed by atoms with Crippen LogP contribution in [0.25, 0.3) is 0 Å². The molecule has 1 unspecified atom stereocenters. The Kier molecular flexibility index (Phi) is 3.56. The lowest BCUT2D eigenvalue weighted by molar-refractivity contribution is 0.370. The van der Waals surface area contributed by atoms with Gasteiger partial charge in [0.1, 0.15) is 0 Å². The summed E-state index contributed by atoms with van der Waals surface area (Å²) in [6.45, 7) is 1.01. The van der Waals surface area contributed by atoms with Gasteiger partial charge < -0.3 is 15.2 Å². The number of piperidine rings is 1. The molecule has 88 valence electrons. The summed E-state index contributed by atoms with van der Waals surface area (Å²) in [4.78, 5) is 0. The van der Waals surface area contributed by atoms with Gasteiger partial charge in [-0.1, -0.05) is 18.0 Å². The maximum atomic E-state index is 9.74. The standard InChI is InChI=1S/C12H16ClNO2/c1-16-12-7-9(13)8(6-11(12)15)10-4-2-3-5-14-10/h6-7,10,14-15H,2-5H2,1H3. The van der Waals surface area contributed by atoms with Crippen LogP contribution in [-0.4, -0.2) is 18.8 Å². The number of nitrogens with one attached hydrogen (secondary N) is 1. The number of halogens is 1. The fraction of sp³-hybridized carbons (Fsp3) is 0.500. The molecular formula is C12H16ClNO2. The van der Waals surface area contributed by atoms with Crippen LogP contribution in [0, 0.1) is 0 Å². The van der Waals surface area contributed by atoms with E-state index in [0.717, 1.165) is 18.5 Å². The zero-order chi connectivity index (χ0) is 11.5. The minimum absolute atomic E-state index is 0.147. The predicted octanol–water partition coefficient (Wildman–Crippen LogP) is 2.87. The van der Waals surface area contributed by atoms with Gasteiger partial charge in [-0.05, 0) is 31.0 Å². The average Bonchev–Trinajstić information content (AvgIpc) is 2.32. The maximum absolute atomic E-state index is 9.74. The quantitative estimate of drug-likeness (QED) is 0.837. The Hall–Kier alpha value is -0.930. The van der Waals surface area contributed by atoms with Crippen molar-refractivity contribution >= 4 is 11.6 Å². The second-order valence-corrected chi connectivity index (χ2v) is 4.46. The molecule has 1 aromatic rings. The van der Waals surface area contributed by atoms with Gasteiger partial charge in [0.15, 0.2) is 11.5 Å². The summed E-state index contributed by atoms with van der Waals surface area (Å²) in [5, 5.41) is 13.8. The first kappa shape index (κ1) is 11.6. The van der Waals surface area contributed by atoms with Gasteiger partial charge in [-0.15, -0.1) is 0 Å². The van der Waals surface area contributed by atoms with Crippen LogP contribution < -0.4 is 10.1 Å². The van der Waals surface area contributed by atoms with Crippen molar-refractivity contribution in [2.75, 3.05) is 13.7 Å². The van der Waals surface area contributed by atoms with Crippen molar-refractivity contribution in [3.8, 4) is 11.5 Å². The molecule has 0 bridgehead atoms. The molecule has 0 radical (unpaired) electrons. The van der Waals surface area contributed by atoms with Crippen molar-refractivity contribution < 1.29 is 9.84 Å². The first-order valence-electron chi connectivity index (χ1n) is 5.52. The fourth-order valence-corrected chi connectivity index (χ4v) is 2.39. The second kappa shape index (κ2) is 4.93. The van der Waals surface area contributed by atoms with Crippen LogP contribution in [0.15, 0.2) is 12.1 Å². The zero-order valence-electron chi connectivity index (χ0n) is 9.29. The van der Waals surface area contributed by atoms with E-state index in [2.05, 4.69) is 5.32 Å². The number of rotatable bonds is 2. The minimum Gasteiger partial charge on any atom is -0.504 e. The van der Waals surface area contributed by atoms with Gasteiger partial charge in [-0.3, -0.25) is 0 Å². The van der Waals surface area contributed by atoms with E-state index in [0.29, 0.717) is 10.8 Å². The van der Waals surface area contributed by atoms with Crippen molar-refractivity contribution in [1.82, 2.24) is 5.32 Å². The van der Waals surface area contributed by atoms with E-state index in [-0.39, 0.29) is 11.8 Å². The Morgan fingerprint density at radius 3 is 2.88 bits per heavy atom. The molecule has 0 spiro atoms. The molecule has 16 heavy (non-hydrogen) atoms. The number of ether oxygens (including phenoxy) is 1. The number of phenols is 1. The molecule has 1 saturated heterocycles. The molecular weight excluding hydrogens is 226 g/mol. The smallest absolute Gasteiger partial charge is 0.161 e. The third kappa shape index (κ3) is 2.25. The monoisotopic (exact) mass is 241 g/mol. The van der Waals surface area contributed by atoms with E-state index < -0.39 is 0 Å². The van der Waals surface area contributed by atoms with Gasteiger partial charge >= 0.3 is 0 Å². The molecule has 1 heterocycles. The SMILES string of the molecule is COc1cc(Cl)c(C2CCCCN2)cc1O. The van der Waals surface area contributed by atoms with Gasteiger partial charge in [0.25, 0.3) is 0 Å². The van der Waals surface area contributed by atoms with Crippen molar-refractivity contribution in [3.05, 3.63) is 22.7 Å². The summed E-state index contributed by atoms with van der Waals surface area (Å²) in [6.07, 6.45) is 3.46. The van der Waals surface area contributed by atoms with Gasteiger partial charge in [-0.2, -0.15) is 0 Å². The zero-order valence-corrected chi connectivity index (χ0v) is 10.0. The molecule has 1 aromatic carbocycles. The highest BCUT2D eigenvalue weighted by atomic mass is 35.5. The number of methoxy groups -OCH3 is 1. The fourth-order valence-electron chi connectivity index (χ4n) is 2.11. The van der Waals surface area contributed by atoms with Gasteiger partial charge in [-0.25, -0.2) is 0 Å². The average molecular weight is 242 g/mol. The molecule has 2 rings (SSSR count). The van der Waals surface area contributed by atoms with Crippen LogP contribution >= 0.6 is 11.6 Å². The molecule has 1 aliphatic rings. The molecule has 0 aromatic heterocycles. The van der Waals surface area contributed by atoms with Crippen LogP contribution in [0.2, 0.25) is 5.02 Å². The third-order valence-electron chi connectivity index (χ3n) is 2.98. The second-order valence-electron chi connectivity index (χ2n) is 4.05. The number of hydrogen-bond donors (Lipinski definition) is 2. The van der Waals surface area contributed by atoms with E-state index in [9.17, 15) is 5.11 Å². The Morgan fingerprint density at radius 2 is 2.25 bits per heavy atom. The van der Waals surface area contributed by atoms with E-state index in [1.54, 1.807) is 12.1 Å². The topological polar surface area (TPSA) is 41.5 Å². The normalized spacial score (nSPS) is 20.8. The molecule has 1 atom stereocenters. The van der Waals surface area contributed by atoms with Gasteiger partial charge in [0.2, 0.25) is 0 Å². The number of benzene rings is 1. The van der Waals surface area contributed by atoms with Crippen molar-refractivity contribution in [1.29, 1.82) is 0 Å². The maximum Gasteiger partial charge on any atom is 0.161 e. The Labute approximate surface area is 100 Å². The Balaban J connectivity index is 2.29. The number of phenolic OH excluding ortho intramolecular Hbond substituents is 1. The van der Waals surface area contributed by atoms with Crippen molar-refractivity contribution in [2.45, 2.75) is 25.3 Å². The highest BCUT2D eigenvalue weighted by Crippen LogP contribution is 2.37. The van der Waals surface area contributed by atoms with Crippen LogP contribution in [-0.2, 0) is 0 Å². The summed E-state index contributed by atoms with van der Waals surface area (Å²) in [7, 11) is 1.52. The van der Waals surface area contributed by atoms with Crippen LogP contribution in [0.3, 0.4) is 0 Å². The number of hydrogen-bond acceptors (Lipinski definition) is 3. The lowest BCUT2D eigenvalue weighted by Gasteiger charge is -2.25. The summed E-state index contributed by atoms with van der Waals surface area (Å²) < 4.78 is 5.01. The lowest BCUT2D eigenvalue weighted by atomic mass is 9.97. The minimum atomic E-state index is 0.147. The summed E-state index contributed by atoms with van der Waals surface area (Å²) in [6, 6.07) is 3.62. The van der Waals surface area contributed by atoms with Crippen LogP contribution in [0.4, 0.5) is 0 Å². The number of aromatic hydroxyl groups is 1. The molecule has 1 fully saturated rings. The van der Waals surface area contributed by atoms with E-state index in [1.165, 1.54) is 20.0 Å². The molecule has 0 aliphatic carbocycles. The van der Waals surface area contributed by atoms with Gasteiger partial charge in [0.05, 0.1) is 7.11 Å². The molecule has 0 amide bonds. The van der Waals surface area contributed by atoms with Crippen LogP contribution in [0.5, 0.6) is 11.5 Å². The first-order valence-corrected chi connectivity index (χ1v) is 5.90. The molecule has 2 N–H and O–H groups in total. The van der Waals surface area contributed by atoms with Crippen LogP contribution in [0.1, 0.15) is 30.9 Å². The molecule has 4 heteroatoms. The summed E-state index contributed by atoms with van der Waals surface area (Å²) in [5.41, 5.74) is 0.958. The third-order valence-corrected chi connectivity index (χ3v) is 3.31. The van der Waals surface area contributed by atoms with Crippen molar-refractivity contribution in [3.63, 3.8) is 0 Å². The predicted molar refractivity (Wildman–Crippen MR) is 64.3 cm³/mol. The van der Waals surface area contributed by atoms with E-state index in [4.69, 9.17) is 16.3 Å². The van der Waals surface area contributed by atoms with Gasteiger partial charge in [0, 0.05) is 17.1 Å². The Bertz CT molecular complexity index is 376. The Morgan fingerprint density at radius 1 is 1.44 bits per heavy atom. The first-order chi connectivity index (χ1) is 7.72. The molecule has 0 saturated carbocycles. The summed E-state index contributed by atoms with van der Waals surface area (Å²) in [5.74, 6) is 0.568. The highest BCUT2D eigenvalue weighted by Gasteiger charge is 2.19. The lowest BCUT2D eigenvalue weighted by Crippen LogP contribution is -2.26. The van der Waals surface area contributed by atoms with E-state index >= 15 is 0 Å². The summed E-state index contributed by atoms with van der Waals surface area (Å²) >= 11 is 6.18.